The number of hydrogen-bond donors (Lipinski definition) is 1. The molecule has 1 saturated heterocycles. The highest BCUT2D eigenvalue weighted by molar-refractivity contribution is 6.32. The first-order valence-electron chi connectivity index (χ1n) is 8.62. The van der Waals surface area contributed by atoms with Crippen molar-refractivity contribution in [3.8, 4) is 5.75 Å². The van der Waals surface area contributed by atoms with Gasteiger partial charge in [0.25, 0.3) is 0 Å². The average Bonchev–Trinajstić information content (AvgIpc) is 2.56. The SMILES string of the molecule is CCCC(C)(N)C(=O)N1CCN(CCOc2ccccc2Cl)CC1. The van der Waals surface area contributed by atoms with Gasteiger partial charge in [-0.3, -0.25) is 9.69 Å². The molecule has 6 heteroatoms. The normalized spacial score (nSPS) is 18.2. The lowest BCUT2D eigenvalue weighted by molar-refractivity contribution is -0.138. The van der Waals surface area contributed by atoms with Gasteiger partial charge in [-0.2, -0.15) is 0 Å². The van der Waals surface area contributed by atoms with Crippen LogP contribution >= 0.6 is 11.6 Å². The first-order chi connectivity index (χ1) is 11.4. The van der Waals surface area contributed by atoms with Gasteiger partial charge in [-0.25, -0.2) is 0 Å². The van der Waals surface area contributed by atoms with E-state index in [1.807, 2.05) is 36.1 Å². The van der Waals surface area contributed by atoms with Gasteiger partial charge in [0.05, 0.1) is 10.6 Å². The molecule has 0 aliphatic carbocycles. The van der Waals surface area contributed by atoms with Crippen LogP contribution in [0.5, 0.6) is 5.75 Å². The number of ether oxygens (including phenoxy) is 1. The minimum atomic E-state index is -0.746. The molecule has 1 aliphatic rings. The standard InChI is InChI=1S/C18H28ClN3O2/c1-3-8-18(2,20)17(23)22-11-9-21(10-12-22)13-14-24-16-7-5-4-6-15(16)19/h4-7H,3,8-14,20H2,1-2H3. The van der Waals surface area contributed by atoms with Crippen LogP contribution in [-0.4, -0.2) is 60.6 Å². The van der Waals surface area contributed by atoms with Crippen molar-refractivity contribution in [1.82, 2.24) is 9.80 Å². The molecule has 24 heavy (non-hydrogen) atoms. The van der Waals surface area contributed by atoms with Crippen LogP contribution in [0.2, 0.25) is 5.02 Å². The lowest BCUT2D eigenvalue weighted by atomic mass is 9.95. The predicted molar refractivity (Wildman–Crippen MR) is 97.5 cm³/mol. The maximum Gasteiger partial charge on any atom is 0.242 e. The Hall–Kier alpha value is -1.30. The van der Waals surface area contributed by atoms with E-state index in [9.17, 15) is 4.79 Å². The fourth-order valence-electron chi connectivity index (χ4n) is 3.01. The third kappa shape index (κ3) is 5.10. The molecule has 0 aromatic heterocycles. The molecule has 1 aromatic carbocycles. The van der Waals surface area contributed by atoms with E-state index < -0.39 is 5.54 Å². The van der Waals surface area contributed by atoms with Crippen LogP contribution in [0.3, 0.4) is 0 Å². The molecule has 1 unspecified atom stereocenters. The van der Waals surface area contributed by atoms with Crippen LogP contribution in [0.25, 0.3) is 0 Å². The van der Waals surface area contributed by atoms with Crippen molar-refractivity contribution in [3.63, 3.8) is 0 Å². The van der Waals surface area contributed by atoms with Gasteiger partial charge in [0.15, 0.2) is 0 Å². The van der Waals surface area contributed by atoms with Gasteiger partial charge < -0.3 is 15.4 Å². The topological polar surface area (TPSA) is 58.8 Å². The number of rotatable bonds is 7. The van der Waals surface area contributed by atoms with Crippen molar-refractivity contribution in [2.45, 2.75) is 32.2 Å². The van der Waals surface area contributed by atoms with Gasteiger partial charge in [-0.15, -0.1) is 0 Å². The highest BCUT2D eigenvalue weighted by Crippen LogP contribution is 2.23. The van der Waals surface area contributed by atoms with E-state index in [1.165, 1.54) is 0 Å². The summed E-state index contributed by atoms with van der Waals surface area (Å²) in [4.78, 5) is 16.7. The molecule has 2 rings (SSSR count). The summed E-state index contributed by atoms with van der Waals surface area (Å²) in [7, 11) is 0. The summed E-state index contributed by atoms with van der Waals surface area (Å²) in [5.74, 6) is 0.780. The van der Waals surface area contributed by atoms with Crippen LogP contribution < -0.4 is 10.5 Å². The monoisotopic (exact) mass is 353 g/mol. The molecule has 1 atom stereocenters. The zero-order valence-electron chi connectivity index (χ0n) is 14.6. The average molecular weight is 354 g/mol. The highest BCUT2D eigenvalue weighted by atomic mass is 35.5. The van der Waals surface area contributed by atoms with E-state index >= 15 is 0 Å². The largest absolute Gasteiger partial charge is 0.491 e. The van der Waals surface area contributed by atoms with E-state index in [0.29, 0.717) is 17.4 Å². The van der Waals surface area contributed by atoms with Crippen LogP contribution in [0, 0.1) is 0 Å². The van der Waals surface area contributed by atoms with E-state index in [-0.39, 0.29) is 5.91 Å². The molecule has 1 aliphatic heterocycles. The van der Waals surface area contributed by atoms with Gasteiger partial charge in [-0.1, -0.05) is 37.1 Å². The van der Waals surface area contributed by atoms with E-state index in [2.05, 4.69) is 11.8 Å². The highest BCUT2D eigenvalue weighted by Gasteiger charge is 2.33. The number of hydrogen-bond acceptors (Lipinski definition) is 4. The smallest absolute Gasteiger partial charge is 0.242 e. The number of piperazine rings is 1. The lowest BCUT2D eigenvalue weighted by Gasteiger charge is -2.38. The Bertz CT molecular complexity index is 543. The Labute approximate surface area is 149 Å². The number of nitrogens with two attached hydrogens (primary N) is 1. The number of carbonyl (C=O) groups excluding carboxylic acids is 1. The molecule has 1 aromatic rings. The molecule has 0 spiro atoms. The quantitative estimate of drug-likeness (QED) is 0.817. The molecule has 0 radical (unpaired) electrons. The summed E-state index contributed by atoms with van der Waals surface area (Å²) in [6.45, 7) is 8.44. The van der Waals surface area contributed by atoms with Crippen LogP contribution in [0.1, 0.15) is 26.7 Å². The fourth-order valence-corrected chi connectivity index (χ4v) is 3.20. The fraction of sp³-hybridized carbons (Fsp3) is 0.611. The Kier molecular flexibility index (Phi) is 6.90. The van der Waals surface area contributed by atoms with Gasteiger partial charge in [-0.05, 0) is 25.5 Å². The Morgan fingerprint density at radius 2 is 1.96 bits per heavy atom. The number of amides is 1. The molecular weight excluding hydrogens is 326 g/mol. The van der Waals surface area contributed by atoms with Crippen molar-refractivity contribution in [2.24, 2.45) is 5.73 Å². The number of para-hydroxylation sites is 1. The summed E-state index contributed by atoms with van der Waals surface area (Å²) in [5, 5.41) is 0.631. The minimum Gasteiger partial charge on any atom is -0.491 e. The second kappa shape index (κ2) is 8.70. The molecule has 2 N–H and O–H groups in total. The maximum absolute atomic E-state index is 12.5. The number of halogens is 1. The molecule has 1 fully saturated rings. The van der Waals surface area contributed by atoms with E-state index in [1.54, 1.807) is 0 Å². The summed E-state index contributed by atoms with van der Waals surface area (Å²) < 4.78 is 5.73. The van der Waals surface area contributed by atoms with Crippen molar-refractivity contribution >= 4 is 17.5 Å². The Morgan fingerprint density at radius 3 is 2.58 bits per heavy atom. The molecule has 1 amide bonds. The molecule has 1 heterocycles. The Morgan fingerprint density at radius 1 is 1.29 bits per heavy atom. The Balaban J connectivity index is 1.73. The minimum absolute atomic E-state index is 0.0660. The van der Waals surface area contributed by atoms with Gasteiger partial charge in [0.1, 0.15) is 12.4 Å². The number of benzene rings is 1. The van der Waals surface area contributed by atoms with Gasteiger partial charge in [0, 0.05) is 32.7 Å². The van der Waals surface area contributed by atoms with E-state index in [4.69, 9.17) is 22.1 Å². The van der Waals surface area contributed by atoms with Gasteiger partial charge >= 0.3 is 0 Å². The van der Waals surface area contributed by atoms with Gasteiger partial charge in [0.2, 0.25) is 5.91 Å². The summed E-state index contributed by atoms with van der Waals surface area (Å²) in [5.41, 5.74) is 5.41. The lowest BCUT2D eigenvalue weighted by Crippen LogP contribution is -2.58. The van der Waals surface area contributed by atoms with Crippen molar-refractivity contribution < 1.29 is 9.53 Å². The summed E-state index contributed by atoms with van der Waals surface area (Å²) >= 11 is 6.07. The van der Waals surface area contributed by atoms with Crippen LogP contribution in [-0.2, 0) is 4.79 Å². The summed E-state index contributed by atoms with van der Waals surface area (Å²) in [6, 6.07) is 7.48. The molecule has 0 bridgehead atoms. The van der Waals surface area contributed by atoms with Crippen molar-refractivity contribution in [2.75, 3.05) is 39.3 Å². The summed E-state index contributed by atoms with van der Waals surface area (Å²) in [6.07, 6.45) is 1.63. The zero-order chi connectivity index (χ0) is 17.6. The second-order valence-corrected chi connectivity index (χ2v) is 6.99. The molecule has 134 valence electrons. The maximum atomic E-state index is 12.5. The zero-order valence-corrected chi connectivity index (χ0v) is 15.4. The van der Waals surface area contributed by atoms with Crippen LogP contribution in [0.15, 0.2) is 24.3 Å². The first-order valence-corrected chi connectivity index (χ1v) is 9.00. The predicted octanol–water partition coefficient (Wildman–Crippen LogP) is 2.38. The first kappa shape index (κ1) is 19.0. The third-order valence-electron chi connectivity index (χ3n) is 4.42. The van der Waals surface area contributed by atoms with Crippen molar-refractivity contribution in [1.29, 1.82) is 0 Å². The molecule has 0 saturated carbocycles. The molecular formula is C18H28ClN3O2. The second-order valence-electron chi connectivity index (χ2n) is 6.58. The number of nitrogens with zero attached hydrogens (tertiary/aromatic N) is 2. The van der Waals surface area contributed by atoms with Crippen LogP contribution in [0.4, 0.5) is 0 Å². The van der Waals surface area contributed by atoms with E-state index in [0.717, 1.165) is 45.6 Å². The third-order valence-corrected chi connectivity index (χ3v) is 4.73. The van der Waals surface area contributed by atoms with Crippen molar-refractivity contribution in [3.05, 3.63) is 29.3 Å². The number of carbonyl (C=O) groups is 1. The molecule has 5 nitrogen and oxygen atoms in total.